The maximum absolute atomic E-state index is 13.6. The molecule has 1 saturated heterocycles. The first-order valence-electron chi connectivity index (χ1n) is 13.8. The molecular formula is C30H41N4O4+. The monoisotopic (exact) mass is 521 g/mol. The van der Waals surface area contributed by atoms with Gasteiger partial charge in [-0.1, -0.05) is 24.3 Å². The molecule has 38 heavy (non-hydrogen) atoms. The lowest BCUT2D eigenvalue weighted by Gasteiger charge is -2.34. The number of carbonyl (C=O) groups excluding carboxylic acids is 3. The van der Waals surface area contributed by atoms with Crippen molar-refractivity contribution in [3.8, 4) is 0 Å². The summed E-state index contributed by atoms with van der Waals surface area (Å²) in [5.74, 6) is 0.0279. The van der Waals surface area contributed by atoms with Crippen LogP contribution in [0.4, 0.5) is 5.69 Å². The van der Waals surface area contributed by atoms with Gasteiger partial charge < -0.3 is 15.3 Å². The van der Waals surface area contributed by atoms with Crippen LogP contribution in [0.3, 0.4) is 0 Å². The number of benzene rings is 2. The molecule has 2 aromatic carbocycles. The second-order valence-electron chi connectivity index (χ2n) is 10.6. The lowest BCUT2D eigenvalue weighted by atomic mass is 9.99. The van der Waals surface area contributed by atoms with Crippen LogP contribution in [0, 0.1) is 0 Å². The second kappa shape index (κ2) is 11.8. The highest BCUT2D eigenvalue weighted by molar-refractivity contribution is 5.99. The molecule has 2 atom stereocenters. The number of nitrogens with zero attached hydrogens (tertiary/aromatic N) is 3. The minimum atomic E-state index is -0.359. The van der Waals surface area contributed by atoms with Crippen molar-refractivity contribution in [2.45, 2.75) is 52.2 Å². The Morgan fingerprint density at radius 3 is 2.53 bits per heavy atom. The number of likely N-dealkylation sites (tertiary alicyclic amines) is 1. The molecule has 0 bridgehead atoms. The topological polar surface area (TPSA) is 90.0 Å². The summed E-state index contributed by atoms with van der Waals surface area (Å²) in [6, 6.07) is 13.1. The van der Waals surface area contributed by atoms with Crippen molar-refractivity contribution >= 4 is 23.4 Å². The van der Waals surface area contributed by atoms with Crippen LogP contribution in [0.25, 0.3) is 0 Å². The molecule has 3 amide bonds. The van der Waals surface area contributed by atoms with Crippen LogP contribution in [0.2, 0.25) is 0 Å². The van der Waals surface area contributed by atoms with Gasteiger partial charge in [0.25, 0.3) is 0 Å². The number of nitrogens with one attached hydrogen (secondary N) is 1. The first-order valence-corrected chi connectivity index (χ1v) is 13.8. The fraction of sp³-hybridized carbons (Fsp3) is 0.500. The van der Waals surface area contributed by atoms with E-state index in [1.165, 1.54) is 0 Å². The molecule has 0 radical (unpaired) electrons. The Balaban J connectivity index is 1.60. The summed E-state index contributed by atoms with van der Waals surface area (Å²) in [4.78, 5) is 42.8. The van der Waals surface area contributed by atoms with E-state index < -0.39 is 0 Å². The molecule has 2 aliphatic heterocycles. The predicted octanol–water partition coefficient (Wildman–Crippen LogP) is 3.01. The van der Waals surface area contributed by atoms with Crippen molar-refractivity contribution in [2.24, 2.45) is 0 Å². The summed E-state index contributed by atoms with van der Waals surface area (Å²) in [6.45, 7) is 10.2. The van der Waals surface area contributed by atoms with Gasteiger partial charge in [0.15, 0.2) is 0 Å². The highest BCUT2D eigenvalue weighted by atomic mass is 16.3. The molecule has 0 saturated carbocycles. The van der Waals surface area contributed by atoms with E-state index >= 15 is 0 Å². The lowest BCUT2D eigenvalue weighted by Crippen LogP contribution is -2.52. The highest BCUT2D eigenvalue weighted by Gasteiger charge is 2.34. The normalized spacial score (nSPS) is 18.2. The summed E-state index contributed by atoms with van der Waals surface area (Å²) in [5.41, 5.74) is 4.15. The van der Waals surface area contributed by atoms with E-state index in [-0.39, 0.29) is 36.3 Å². The molecule has 2 aromatic rings. The van der Waals surface area contributed by atoms with Crippen molar-refractivity contribution in [3.05, 3.63) is 64.7 Å². The Morgan fingerprint density at radius 1 is 1.13 bits per heavy atom. The molecular weight excluding hydrogens is 480 g/mol. The Kier molecular flexibility index (Phi) is 8.65. The lowest BCUT2D eigenvalue weighted by molar-refractivity contribution is -0.843. The van der Waals surface area contributed by atoms with Crippen LogP contribution in [-0.2, 0) is 22.4 Å². The van der Waals surface area contributed by atoms with E-state index in [1.807, 2.05) is 70.3 Å². The van der Waals surface area contributed by atoms with Crippen LogP contribution in [-0.4, -0.2) is 89.5 Å². The van der Waals surface area contributed by atoms with Gasteiger partial charge in [-0.15, -0.1) is 0 Å². The number of hydrogen-bond donors (Lipinski definition) is 2. The van der Waals surface area contributed by atoms with Crippen LogP contribution in [0.1, 0.15) is 60.3 Å². The van der Waals surface area contributed by atoms with Crippen LogP contribution in [0.5, 0.6) is 0 Å². The number of likely N-dealkylation sites (N-methyl/N-ethyl adjacent to an activating group) is 1. The van der Waals surface area contributed by atoms with E-state index in [0.29, 0.717) is 36.0 Å². The molecule has 8 heteroatoms. The molecule has 2 heterocycles. The number of β-amino-alcohol motifs (C(OH)–C–C–N with tert-alkyl or cyclic N) is 1. The number of aliphatic hydroxyl groups is 1. The van der Waals surface area contributed by atoms with Gasteiger partial charge in [-0.05, 0) is 62.1 Å². The van der Waals surface area contributed by atoms with Gasteiger partial charge in [0.2, 0.25) is 11.8 Å². The van der Waals surface area contributed by atoms with Gasteiger partial charge >= 0.3 is 5.91 Å². The Bertz CT molecular complexity index is 1180. The van der Waals surface area contributed by atoms with Gasteiger partial charge in [0.1, 0.15) is 0 Å². The van der Waals surface area contributed by atoms with Crippen LogP contribution in [0.15, 0.2) is 42.5 Å². The zero-order valence-corrected chi connectivity index (χ0v) is 23.1. The molecule has 0 spiro atoms. The maximum atomic E-state index is 13.6. The van der Waals surface area contributed by atoms with Crippen LogP contribution < -0.4 is 5.32 Å². The average Bonchev–Trinajstić information content (AvgIpc) is 3.51. The average molecular weight is 522 g/mol. The van der Waals surface area contributed by atoms with E-state index in [4.69, 9.17) is 0 Å². The quantitative estimate of drug-likeness (QED) is 0.469. The van der Waals surface area contributed by atoms with E-state index in [1.54, 1.807) is 4.90 Å². The number of hydrogen-bond acceptors (Lipinski definition) is 5. The van der Waals surface area contributed by atoms with Gasteiger partial charge in [-0.25, -0.2) is 4.79 Å². The zero-order chi connectivity index (χ0) is 27.4. The van der Waals surface area contributed by atoms with Gasteiger partial charge in [0.05, 0.1) is 50.2 Å². The summed E-state index contributed by atoms with van der Waals surface area (Å²) in [7, 11) is 1.81. The number of anilines is 1. The van der Waals surface area contributed by atoms with Crippen molar-refractivity contribution < 1.29 is 24.0 Å². The second-order valence-corrected chi connectivity index (χ2v) is 10.6. The van der Waals surface area contributed by atoms with Crippen molar-refractivity contribution in [2.75, 3.05) is 51.6 Å². The molecule has 2 N–H and O–H groups in total. The maximum Gasteiger partial charge on any atom is 0.345 e. The third-order valence-corrected chi connectivity index (χ3v) is 8.46. The third kappa shape index (κ3) is 5.82. The van der Waals surface area contributed by atoms with Crippen LogP contribution >= 0.6 is 0 Å². The standard InChI is InChI=1S/C30H40N4O4/c1-5-34(6-2,7-3)30(38)24-10-8-9-23(17-24)27(20-33-14-13-25(35)19-33)32(4)29(37)16-21-11-12-22-18-28(36)31-26(22)15-21/h8-12,15,17,25,27,35H,5-7,13-14,16,18-20H2,1-4H3/p+1/t25-,27+/m0/s1. The first-order chi connectivity index (χ1) is 18.2. The van der Waals surface area contributed by atoms with Crippen molar-refractivity contribution in [3.63, 3.8) is 0 Å². The molecule has 1 fully saturated rings. The first kappa shape index (κ1) is 28.0. The van der Waals surface area contributed by atoms with Gasteiger partial charge in [-0.3, -0.25) is 19.0 Å². The molecule has 8 nitrogen and oxygen atoms in total. The zero-order valence-electron chi connectivity index (χ0n) is 23.1. The molecule has 0 aromatic heterocycles. The smallest absolute Gasteiger partial charge is 0.345 e. The van der Waals surface area contributed by atoms with Crippen molar-refractivity contribution in [1.29, 1.82) is 0 Å². The number of quaternary nitrogens is 1. The largest absolute Gasteiger partial charge is 0.392 e. The summed E-state index contributed by atoms with van der Waals surface area (Å²) >= 11 is 0. The number of amides is 3. The molecule has 204 valence electrons. The third-order valence-electron chi connectivity index (χ3n) is 8.46. The number of fused-ring (bicyclic) bond motifs is 1. The molecule has 2 aliphatic rings. The molecule has 0 unspecified atom stereocenters. The summed E-state index contributed by atoms with van der Waals surface area (Å²) in [5, 5.41) is 13.0. The SMILES string of the molecule is CC[N+](CC)(CC)C(=O)c1cccc([C@@H](CN2CC[C@H](O)C2)N(C)C(=O)Cc2ccc3c(c2)NC(=O)C3)c1. The fourth-order valence-electron chi connectivity index (χ4n) is 5.77. The number of aliphatic hydroxyl groups excluding tert-OH is 1. The predicted molar refractivity (Wildman–Crippen MR) is 148 cm³/mol. The van der Waals surface area contributed by atoms with E-state index in [0.717, 1.165) is 48.6 Å². The van der Waals surface area contributed by atoms with E-state index in [9.17, 15) is 19.5 Å². The Labute approximate surface area is 225 Å². The molecule has 4 rings (SSSR count). The minimum Gasteiger partial charge on any atom is -0.392 e. The fourth-order valence-corrected chi connectivity index (χ4v) is 5.77. The Hall–Kier alpha value is -3.07. The van der Waals surface area contributed by atoms with E-state index in [2.05, 4.69) is 10.2 Å². The number of rotatable bonds is 10. The van der Waals surface area contributed by atoms with Crippen molar-refractivity contribution in [1.82, 2.24) is 9.80 Å². The highest BCUT2D eigenvalue weighted by Crippen LogP contribution is 2.28. The summed E-state index contributed by atoms with van der Waals surface area (Å²) in [6.07, 6.45) is 0.936. The minimum absolute atomic E-state index is 0.0280. The molecule has 0 aliphatic carbocycles. The summed E-state index contributed by atoms with van der Waals surface area (Å²) < 4.78 is 0.385. The van der Waals surface area contributed by atoms with Gasteiger partial charge in [-0.2, -0.15) is 0 Å². The Morgan fingerprint density at radius 2 is 1.87 bits per heavy atom. The van der Waals surface area contributed by atoms with Gasteiger partial charge in [0, 0.05) is 32.4 Å². The number of carbonyl (C=O) groups is 3.